The van der Waals surface area contributed by atoms with Crippen LogP contribution in [-0.4, -0.2) is 75.5 Å². The maximum Gasteiger partial charge on any atom is 0.191 e. The first-order valence-corrected chi connectivity index (χ1v) is 10.6. The predicted molar refractivity (Wildman–Crippen MR) is 108 cm³/mol. The lowest BCUT2D eigenvalue weighted by atomic mass is 9.98. The third-order valence-corrected chi connectivity index (χ3v) is 5.39. The number of ether oxygens (including phenoxy) is 2. The van der Waals surface area contributed by atoms with Gasteiger partial charge in [0.05, 0.1) is 19.3 Å². The second-order valence-electron chi connectivity index (χ2n) is 7.78. The summed E-state index contributed by atoms with van der Waals surface area (Å²) in [6, 6.07) is 0.507. The van der Waals surface area contributed by atoms with Crippen LogP contribution in [0.1, 0.15) is 52.9 Å². The first-order valence-electron chi connectivity index (χ1n) is 10.6. The molecule has 2 aliphatic heterocycles. The van der Waals surface area contributed by atoms with Crippen molar-refractivity contribution in [3.63, 3.8) is 0 Å². The topological polar surface area (TPSA) is 58.1 Å². The molecule has 2 saturated heterocycles. The minimum Gasteiger partial charge on any atom is -0.379 e. The summed E-state index contributed by atoms with van der Waals surface area (Å²) in [5.74, 6) is 1.80. The van der Waals surface area contributed by atoms with Gasteiger partial charge in [-0.1, -0.05) is 6.92 Å². The van der Waals surface area contributed by atoms with Crippen LogP contribution >= 0.6 is 0 Å². The minimum atomic E-state index is 0.320. The Morgan fingerprint density at radius 3 is 2.77 bits per heavy atom. The second-order valence-corrected chi connectivity index (χ2v) is 7.78. The van der Waals surface area contributed by atoms with Crippen molar-refractivity contribution < 1.29 is 9.47 Å². The van der Waals surface area contributed by atoms with E-state index in [2.05, 4.69) is 36.3 Å². The highest BCUT2D eigenvalue weighted by Crippen LogP contribution is 2.18. The summed E-state index contributed by atoms with van der Waals surface area (Å²) >= 11 is 0. The molecular formula is C20H40N4O2. The van der Waals surface area contributed by atoms with Crippen LogP contribution in [0.4, 0.5) is 0 Å². The molecule has 0 spiro atoms. The fraction of sp³-hybridized carbons (Fsp3) is 0.950. The number of hydrogen-bond donors (Lipinski definition) is 2. The van der Waals surface area contributed by atoms with E-state index < -0.39 is 0 Å². The largest absolute Gasteiger partial charge is 0.379 e. The van der Waals surface area contributed by atoms with Crippen LogP contribution < -0.4 is 10.6 Å². The zero-order chi connectivity index (χ0) is 18.6. The number of piperidine rings is 1. The van der Waals surface area contributed by atoms with Gasteiger partial charge in [0.1, 0.15) is 0 Å². The Morgan fingerprint density at radius 1 is 1.27 bits per heavy atom. The molecule has 0 aliphatic carbocycles. The Balaban J connectivity index is 1.59. The Labute approximate surface area is 160 Å². The molecule has 2 rings (SSSR count). The van der Waals surface area contributed by atoms with Crippen LogP contribution in [0.15, 0.2) is 4.99 Å². The number of likely N-dealkylation sites (tertiary alicyclic amines) is 1. The van der Waals surface area contributed by atoms with Crippen LogP contribution in [-0.2, 0) is 9.47 Å². The van der Waals surface area contributed by atoms with Gasteiger partial charge < -0.3 is 20.1 Å². The first kappa shape index (κ1) is 21.5. The summed E-state index contributed by atoms with van der Waals surface area (Å²) in [6.07, 6.45) is 6.25. The Hall–Kier alpha value is -0.850. The van der Waals surface area contributed by atoms with E-state index in [4.69, 9.17) is 14.5 Å². The maximum absolute atomic E-state index is 5.71. The molecule has 0 bridgehead atoms. The fourth-order valence-corrected chi connectivity index (χ4v) is 3.52. The van der Waals surface area contributed by atoms with Crippen LogP contribution in [0.5, 0.6) is 0 Å². The van der Waals surface area contributed by atoms with Gasteiger partial charge in [-0.3, -0.25) is 9.89 Å². The molecule has 2 atom stereocenters. The molecule has 2 heterocycles. The van der Waals surface area contributed by atoms with Gasteiger partial charge in [0.2, 0.25) is 0 Å². The summed E-state index contributed by atoms with van der Waals surface area (Å²) in [7, 11) is 0. The van der Waals surface area contributed by atoms with E-state index in [1.54, 1.807) is 0 Å². The van der Waals surface area contributed by atoms with Crippen molar-refractivity contribution in [3.8, 4) is 0 Å². The van der Waals surface area contributed by atoms with Crippen molar-refractivity contribution in [3.05, 3.63) is 0 Å². The molecule has 0 aromatic rings. The molecule has 6 heteroatoms. The molecule has 0 amide bonds. The molecule has 26 heavy (non-hydrogen) atoms. The molecule has 152 valence electrons. The molecule has 2 aliphatic rings. The van der Waals surface area contributed by atoms with Gasteiger partial charge in [0.25, 0.3) is 0 Å². The normalized spacial score (nSPS) is 24.0. The van der Waals surface area contributed by atoms with Gasteiger partial charge in [0, 0.05) is 32.3 Å². The number of nitrogens with zero attached hydrogens (tertiary/aromatic N) is 2. The van der Waals surface area contributed by atoms with E-state index >= 15 is 0 Å². The molecule has 0 radical (unpaired) electrons. The Morgan fingerprint density at radius 2 is 2.08 bits per heavy atom. The van der Waals surface area contributed by atoms with Crippen molar-refractivity contribution in [2.24, 2.45) is 10.9 Å². The first-order chi connectivity index (χ1) is 12.7. The van der Waals surface area contributed by atoms with E-state index in [9.17, 15) is 0 Å². The number of guanidine groups is 1. The zero-order valence-electron chi connectivity index (χ0n) is 17.1. The van der Waals surface area contributed by atoms with Gasteiger partial charge in [-0.15, -0.1) is 0 Å². The number of nitrogens with one attached hydrogen (secondary N) is 2. The van der Waals surface area contributed by atoms with E-state index in [-0.39, 0.29) is 0 Å². The third kappa shape index (κ3) is 8.23. The lowest BCUT2D eigenvalue weighted by Crippen LogP contribution is -2.43. The van der Waals surface area contributed by atoms with Gasteiger partial charge >= 0.3 is 0 Å². The molecule has 2 fully saturated rings. The van der Waals surface area contributed by atoms with Gasteiger partial charge in [-0.2, -0.15) is 0 Å². The highest BCUT2D eigenvalue weighted by molar-refractivity contribution is 5.79. The molecule has 2 unspecified atom stereocenters. The molecule has 0 saturated carbocycles. The van der Waals surface area contributed by atoms with Crippen molar-refractivity contribution in [2.45, 2.75) is 65.0 Å². The van der Waals surface area contributed by atoms with Crippen molar-refractivity contribution in [1.29, 1.82) is 0 Å². The standard InChI is InChI=1S/C20H40N4O2/c1-4-21-20(22-10-6-13-25-16-19-7-5-14-26-19)23-15-18(3)24-11-8-17(2)9-12-24/h17-19H,4-16H2,1-3H3,(H2,21,22,23). The third-order valence-electron chi connectivity index (χ3n) is 5.39. The molecular weight excluding hydrogens is 328 g/mol. The maximum atomic E-state index is 5.71. The average molecular weight is 369 g/mol. The fourth-order valence-electron chi connectivity index (χ4n) is 3.52. The van der Waals surface area contributed by atoms with E-state index in [0.29, 0.717) is 12.1 Å². The number of hydrogen-bond acceptors (Lipinski definition) is 4. The average Bonchev–Trinajstić information content (AvgIpc) is 3.16. The lowest BCUT2D eigenvalue weighted by Gasteiger charge is -2.34. The Kier molecular flexibility index (Phi) is 10.3. The molecule has 0 aromatic carbocycles. The van der Waals surface area contributed by atoms with Gasteiger partial charge in [-0.05, 0) is 65.0 Å². The zero-order valence-corrected chi connectivity index (χ0v) is 17.1. The summed E-state index contributed by atoms with van der Waals surface area (Å²) in [6.45, 7) is 14.2. The van der Waals surface area contributed by atoms with E-state index in [1.165, 1.54) is 32.4 Å². The van der Waals surface area contributed by atoms with Crippen LogP contribution in [0.25, 0.3) is 0 Å². The van der Waals surface area contributed by atoms with Crippen molar-refractivity contribution in [2.75, 3.05) is 52.5 Å². The van der Waals surface area contributed by atoms with Crippen molar-refractivity contribution >= 4 is 5.96 Å². The van der Waals surface area contributed by atoms with Gasteiger partial charge in [0.15, 0.2) is 5.96 Å². The highest BCUT2D eigenvalue weighted by atomic mass is 16.5. The summed E-state index contributed by atoms with van der Waals surface area (Å²) in [4.78, 5) is 7.36. The van der Waals surface area contributed by atoms with E-state index in [0.717, 1.165) is 64.2 Å². The van der Waals surface area contributed by atoms with Crippen LogP contribution in [0, 0.1) is 5.92 Å². The summed E-state index contributed by atoms with van der Waals surface area (Å²) in [5, 5.41) is 6.77. The minimum absolute atomic E-state index is 0.320. The smallest absolute Gasteiger partial charge is 0.191 e. The number of aliphatic imine (C=N–C) groups is 1. The summed E-state index contributed by atoms with van der Waals surface area (Å²) in [5.41, 5.74) is 0. The quantitative estimate of drug-likeness (QED) is 0.352. The molecule has 6 nitrogen and oxygen atoms in total. The Bertz CT molecular complexity index is 391. The molecule has 0 aromatic heterocycles. The van der Waals surface area contributed by atoms with Crippen LogP contribution in [0.2, 0.25) is 0 Å². The monoisotopic (exact) mass is 368 g/mol. The second kappa shape index (κ2) is 12.5. The number of rotatable bonds is 10. The van der Waals surface area contributed by atoms with Gasteiger partial charge in [-0.25, -0.2) is 0 Å². The highest BCUT2D eigenvalue weighted by Gasteiger charge is 2.20. The van der Waals surface area contributed by atoms with Crippen molar-refractivity contribution in [1.82, 2.24) is 15.5 Å². The SMILES string of the molecule is CCNC(=NCC(C)N1CCC(C)CC1)NCCCOCC1CCCO1. The molecule has 2 N–H and O–H groups in total. The predicted octanol–water partition coefficient (Wildman–Crippen LogP) is 2.25. The lowest BCUT2D eigenvalue weighted by molar-refractivity contribution is 0.0168. The van der Waals surface area contributed by atoms with E-state index in [1.807, 2.05) is 0 Å². The summed E-state index contributed by atoms with van der Waals surface area (Å²) < 4.78 is 11.3. The van der Waals surface area contributed by atoms with Crippen LogP contribution in [0.3, 0.4) is 0 Å².